The number of nitrogens with zero attached hydrogens (tertiary/aromatic N) is 2. The summed E-state index contributed by atoms with van der Waals surface area (Å²) < 4.78 is 2.37. The number of aryl methyl sites for hydroxylation is 2. The highest BCUT2D eigenvalue weighted by molar-refractivity contribution is 6.12. The first-order valence-corrected chi connectivity index (χ1v) is 10.4. The van der Waals surface area contributed by atoms with Gasteiger partial charge in [0.15, 0.2) is 0 Å². The Hall–Kier alpha value is -2.82. The molecule has 5 heteroatoms. The van der Waals surface area contributed by atoms with Crippen LogP contribution in [0.2, 0.25) is 0 Å². The first-order chi connectivity index (χ1) is 13.8. The van der Waals surface area contributed by atoms with Gasteiger partial charge in [-0.2, -0.15) is 0 Å². The number of aromatic nitrogens is 1. The van der Waals surface area contributed by atoms with E-state index in [0.29, 0.717) is 19.1 Å². The smallest absolute Gasteiger partial charge is 0.229 e. The molecule has 1 aromatic heterocycles. The second-order valence-corrected chi connectivity index (χ2v) is 8.51. The molecule has 2 amide bonds. The lowest BCUT2D eigenvalue weighted by Crippen LogP contribution is -2.30. The number of carbonyl (C=O) groups excluding carboxylic acids is 2. The third-order valence-electron chi connectivity index (χ3n) is 6.22. The summed E-state index contributed by atoms with van der Waals surface area (Å²) in [6.45, 7) is 11.3. The molecule has 0 spiro atoms. The van der Waals surface area contributed by atoms with E-state index >= 15 is 0 Å². The molecule has 2 aromatic carbocycles. The summed E-state index contributed by atoms with van der Waals surface area (Å²) >= 11 is 0. The van der Waals surface area contributed by atoms with Crippen molar-refractivity contribution in [3.05, 3.63) is 41.5 Å². The summed E-state index contributed by atoms with van der Waals surface area (Å²) in [6.07, 6.45) is 0.721. The topological polar surface area (TPSA) is 54.3 Å². The van der Waals surface area contributed by atoms with Gasteiger partial charge >= 0.3 is 0 Å². The van der Waals surface area contributed by atoms with Crippen molar-refractivity contribution in [3.8, 4) is 0 Å². The van der Waals surface area contributed by atoms with E-state index in [4.69, 9.17) is 0 Å². The number of benzene rings is 2. The van der Waals surface area contributed by atoms with Gasteiger partial charge in [-0.3, -0.25) is 9.59 Å². The Kier molecular flexibility index (Phi) is 4.85. The number of hydrogen-bond donors (Lipinski definition) is 1. The van der Waals surface area contributed by atoms with E-state index in [0.717, 1.165) is 23.2 Å². The molecule has 1 fully saturated rings. The van der Waals surface area contributed by atoms with Crippen molar-refractivity contribution in [2.45, 2.75) is 47.1 Å². The molecule has 0 aliphatic carbocycles. The summed E-state index contributed by atoms with van der Waals surface area (Å²) in [5.74, 6) is -0.104. The predicted octanol–water partition coefficient (Wildman–Crippen LogP) is 4.80. The maximum absolute atomic E-state index is 12.9. The maximum atomic E-state index is 12.9. The highest BCUT2D eigenvalue weighted by Crippen LogP contribution is 2.38. The van der Waals surface area contributed by atoms with Gasteiger partial charge < -0.3 is 14.8 Å². The van der Waals surface area contributed by atoms with Gasteiger partial charge in [0, 0.05) is 48.0 Å². The lowest BCUT2D eigenvalue weighted by atomic mass is 10.0. The van der Waals surface area contributed by atoms with Crippen molar-refractivity contribution in [1.82, 2.24) is 9.47 Å². The molecule has 1 N–H and O–H groups in total. The number of anilines is 1. The van der Waals surface area contributed by atoms with Crippen molar-refractivity contribution in [1.29, 1.82) is 0 Å². The number of amides is 2. The van der Waals surface area contributed by atoms with Gasteiger partial charge in [-0.05, 0) is 57.4 Å². The Bertz CT molecular complexity index is 1130. The Morgan fingerprint density at radius 1 is 1.14 bits per heavy atom. The minimum atomic E-state index is -0.148. The monoisotopic (exact) mass is 391 g/mol. The zero-order chi connectivity index (χ0) is 20.9. The molecule has 2 heterocycles. The molecule has 1 unspecified atom stereocenters. The van der Waals surface area contributed by atoms with Gasteiger partial charge in [-0.25, -0.2) is 0 Å². The van der Waals surface area contributed by atoms with Crippen molar-refractivity contribution < 1.29 is 9.59 Å². The van der Waals surface area contributed by atoms with Crippen LogP contribution in [0.1, 0.15) is 44.4 Å². The van der Waals surface area contributed by atoms with Gasteiger partial charge in [-0.1, -0.05) is 18.2 Å². The van der Waals surface area contributed by atoms with Gasteiger partial charge in [0.25, 0.3) is 0 Å². The molecule has 1 atom stereocenters. The van der Waals surface area contributed by atoms with Crippen molar-refractivity contribution in [3.63, 3.8) is 0 Å². The Labute approximate surface area is 171 Å². The number of para-hydroxylation sites is 1. The maximum Gasteiger partial charge on any atom is 0.229 e. The minimum Gasteiger partial charge on any atom is -0.342 e. The van der Waals surface area contributed by atoms with Crippen LogP contribution in [0.3, 0.4) is 0 Å². The standard InChI is InChI=1S/C24H29N3O2/c1-14(2)27-20-9-7-6-8-19(20)22-16(4)23(15(3)12-21(22)27)25-24(29)18-10-11-26(13-18)17(5)28/h6-9,12,14,18H,10-11,13H2,1-5H3,(H,25,29). The van der Waals surface area contributed by atoms with E-state index in [1.54, 1.807) is 11.8 Å². The number of rotatable bonds is 3. The van der Waals surface area contributed by atoms with E-state index in [-0.39, 0.29) is 17.7 Å². The van der Waals surface area contributed by atoms with Crippen molar-refractivity contribution >= 4 is 39.3 Å². The third-order valence-corrected chi connectivity index (χ3v) is 6.22. The average molecular weight is 392 g/mol. The second-order valence-electron chi connectivity index (χ2n) is 8.51. The number of nitrogens with one attached hydrogen (secondary N) is 1. The van der Waals surface area contributed by atoms with Crippen LogP contribution in [0.15, 0.2) is 30.3 Å². The molecule has 152 valence electrons. The van der Waals surface area contributed by atoms with Crippen LogP contribution in [0.4, 0.5) is 5.69 Å². The fraction of sp³-hybridized carbons (Fsp3) is 0.417. The Morgan fingerprint density at radius 2 is 1.86 bits per heavy atom. The molecule has 29 heavy (non-hydrogen) atoms. The second kappa shape index (κ2) is 7.21. The first-order valence-electron chi connectivity index (χ1n) is 10.4. The summed E-state index contributed by atoms with van der Waals surface area (Å²) in [4.78, 5) is 26.3. The molecule has 4 rings (SSSR count). The lowest BCUT2D eigenvalue weighted by Gasteiger charge is -2.18. The largest absolute Gasteiger partial charge is 0.342 e. The van der Waals surface area contributed by atoms with Crippen LogP contribution in [0, 0.1) is 19.8 Å². The molecule has 1 aliphatic heterocycles. The normalized spacial score (nSPS) is 16.9. The summed E-state index contributed by atoms with van der Waals surface area (Å²) in [6, 6.07) is 11.0. The fourth-order valence-corrected chi connectivity index (χ4v) is 4.75. The first kappa shape index (κ1) is 19.5. The van der Waals surface area contributed by atoms with Crippen LogP contribution in [0.5, 0.6) is 0 Å². The van der Waals surface area contributed by atoms with Crippen LogP contribution in [-0.4, -0.2) is 34.4 Å². The highest BCUT2D eigenvalue weighted by atomic mass is 16.2. The van der Waals surface area contributed by atoms with Crippen LogP contribution in [-0.2, 0) is 9.59 Å². The minimum absolute atomic E-state index is 0.00639. The van der Waals surface area contributed by atoms with Crippen LogP contribution < -0.4 is 5.32 Å². The van der Waals surface area contributed by atoms with E-state index < -0.39 is 0 Å². The van der Waals surface area contributed by atoms with E-state index in [2.05, 4.69) is 67.9 Å². The number of likely N-dealkylation sites (tertiary alicyclic amines) is 1. The molecule has 1 aliphatic rings. The third kappa shape index (κ3) is 3.18. The zero-order valence-corrected chi connectivity index (χ0v) is 17.9. The zero-order valence-electron chi connectivity index (χ0n) is 17.9. The van der Waals surface area contributed by atoms with Crippen LogP contribution in [0.25, 0.3) is 21.8 Å². The van der Waals surface area contributed by atoms with E-state index in [1.165, 1.54) is 21.8 Å². The molecule has 5 nitrogen and oxygen atoms in total. The SMILES string of the molecule is CC(=O)N1CCC(C(=O)Nc2c(C)cc3c(c2C)c2ccccc2n3C(C)C)C1. The van der Waals surface area contributed by atoms with Crippen LogP contribution >= 0.6 is 0 Å². The van der Waals surface area contributed by atoms with Gasteiger partial charge in [0.05, 0.1) is 11.4 Å². The molecule has 0 bridgehead atoms. The van der Waals surface area contributed by atoms with Gasteiger partial charge in [-0.15, -0.1) is 0 Å². The summed E-state index contributed by atoms with van der Waals surface area (Å²) in [5.41, 5.74) is 5.49. The number of hydrogen-bond acceptors (Lipinski definition) is 2. The Morgan fingerprint density at radius 3 is 2.52 bits per heavy atom. The summed E-state index contributed by atoms with van der Waals surface area (Å²) in [7, 11) is 0. The van der Waals surface area contributed by atoms with Gasteiger partial charge in [0.2, 0.25) is 11.8 Å². The predicted molar refractivity (Wildman–Crippen MR) is 118 cm³/mol. The lowest BCUT2D eigenvalue weighted by molar-refractivity contribution is -0.128. The van der Waals surface area contributed by atoms with Crippen molar-refractivity contribution in [2.75, 3.05) is 18.4 Å². The number of carbonyl (C=O) groups is 2. The summed E-state index contributed by atoms with van der Waals surface area (Å²) in [5, 5.41) is 5.61. The Balaban J connectivity index is 1.78. The molecule has 1 saturated heterocycles. The fourth-order valence-electron chi connectivity index (χ4n) is 4.75. The quantitative estimate of drug-likeness (QED) is 0.697. The van der Waals surface area contributed by atoms with Crippen molar-refractivity contribution in [2.24, 2.45) is 5.92 Å². The molecule has 0 radical (unpaired) electrons. The molecule has 3 aromatic rings. The van der Waals surface area contributed by atoms with E-state index in [1.807, 2.05) is 0 Å². The van der Waals surface area contributed by atoms with E-state index in [9.17, 15) is 9.59 Å². The molecule has 0 saturated carbocycles. The average Bonchev–Trinajstić information content (AvgIpc) is 3.27. The molecular weight excluding hydrogens is 362 g/mol. The number of fused-ring (bicyclic) bond motifs is 3. The molecular formula is C24H29N3O2. The highest BCUT2D eigenvalue weighted by Gasteiger charge is 2.30. The van der Waals surface area contributed by atoms with Gasteiger partial charge in [0.1, 0.15) is 0 Å².